The molecular weight excluding hydrogens is 518 g/mol. The summed E-state index contributed by atoms with van der Waals surface area (Å²) in [6.07, 6.45) is 1.73. The number of hydrogen-bond donors (Lipinski definition) is 4. The molecule has 0 aliphatic heterocycles. The molecule has 0 saturated heterocycles. The molecule has 0 heterocycles. The van der Waals surface area contributed by atoms with Gasteiger partial charge in [0.2, 0.25) is 0 Å². The summed E-state index contributed by atoms with van der Waals surface area (Å²) >= 11 is 0. The van der Waals surface area contributed by atoms with Crippen LogP contribution >= 0.6 is 17.2 Å². The zero-order valence-electron chi connectivity index (χ0n) is 20.9. The molecular formula is C30H32O6P2. The molecule has 0 saturated carbocycles. The Morgan fingerprint density at radius 3 is 1.26 bits per heavy atom. The Labute approximate surface area is 226 Å². The predicted molar refractivity (Wildman–Crippen MR) is 151 cm³/mol. The third-order valence-corrected chi connectivity index (χ3v) is 7.72. The third-order valence-electron chi connectivity index (χ3n) is 6.87. The van der Waals surface area contributed by atoms with Crippen molar-refractivity contribution in [2.45, 2.75) is 30.3 Å². The molecule has 0 atom stereocenters. The Balaban J connectivity index is 2.06. The summed E-state index contributed by atoms with van der Waals surface area (Å²) in [6, 6.07) is 39.4. The lowest BCUT2D eigenvalue weighted by Gasteiger charge is -2.52. The topological polar surface area (TPSA) is 99.4 Å². The van der Waals surface area contributed by atoms with Crippen LogP contribution in [0, 0.1) is 0 Å². The number of unbranched alkanes of at least 4 members (excludes halogenated alkanes) is 1. The Kier molecular flexibility index (Phi) is 10.1. The van der Waals surface area contributed by atoms with Crippen LogP contribution in [0.1, 0.15) is 41.5 Å². The first-order chi connectivity index (χ1) is 18.5. The van der Waals surface area contributed by atoms with Crippen LogP contribution in [0.5, 0.6) is 0 Å². The molecule has 8 heteroatoms. The van der Waals surface area contributed by atoms with Gasteiger partial charge in [-0.2, -0.15) is 0 Å². The second kappa shape index (κ2) is 13.5. The van der Waals surface area contributed by atoms with Gasteiger partial charge in [-0.1, -0.05) is 121 Å². The maximum Gasteiger partial charge on any atom is 0.328 e. The molecule has 0 amide bonds. The largest absolute Gasteiger partial charge is 0.328 e. The van der Waals surface area contributed by atoms with Gasteiger partial charge in [0.05, 0.1) is 12.0 Å². The van der Waals surface area contributed by atoms with Gasteiger partial charge in [-0.25, -0.2) is 0 Å². The average molecular weight is 551 g/mol. The van der Waals surface area contributed by atoms with Crippen LogP contribution in [-0.2, 0) is 20.1 Å². The van der Waals surface area contributed by atoms with Crippen LogP contribution in [0.2, 0.25) is 0 Å². The maximum absolute atomic E-state index is 10.6. The van der Waals surface area contributed by atoms with Crippen molar-refractivity contribution in [1.29, 1.82) is 0 Å². The summed E-state index contributed by atoms with van der Waals surface area (Å²) in [6.45, 7) is 0.190. The van der Waals surface area contributed by atoms with E-state index >= 15 is 0 Å². The van der Waals surface area contributed by atoms with E-state index in [1.165, 1.54) is 0 Å². The van der Waals surface area contributed by atoms with Gasteiger partial charge in [0.1, 0.15) is 5.60 Å². The quantitative estimate of drug-likeness (QED) is 0.111. The zero-order valence-corrected chi connectivity index (χ0v) is 22.7. The Hall–Kier alpha value is -2.50. The van der Waals surface area contributed by atoms with Crippen LogP contribution in [0.3, 0.4) is 0 Å². The summed E-state index contributed by atoms with van der Waals surface area (Å²) in [5.74, 6) is 0. The predicted octanol–water partition coefficient (Wildman–Crippen LogP) is 6.54. The number of hydrogen-bond acceptors (Lipinski definition) is 6. The summed E-state index contributed by atoms with van der Waals surface area (Å²) in [7, 11) is -5.23. The highest BCUT2D eigenvalue weighted by Crippen LogP contribution is 2.59. The van der Waals surface area contributed by atoms with Crippen LogP contribution in [0.15, 0.2) is 121 Å². The molecule has 0 aromatic heterocycles. The lowest BCUT2D eigenvalue weighted by atomic mass is 9.56. The van der Waals surface area contributed by atoms with Gasteiger partial charge in [-0.05, 0) is 41.5 Å². The van der Waals surface area contributed by atoms with Gasteiger partial charge >= 0.3 is 17.2 Å². The minimum absolute atomic E-state index is 0.190. The Morgan fingerprint density at radius 2 is 0.895 bits per heavy atom. The van der Waals surface area contributed by atoms with Crippen molar-refractivity contribution in [3.63, 3.8) is 0 Å². The first kappa shape index (κ1) is 28.5. The number of benzene rings is 4. The molecule has 6 nitrogen and oxygen atoms in total. The van der Waals surface area contributed by atoms with E-state index in [4.69, 9.17) is 9.05 Å². The fourth-order valence-electron chi connectivity index (χ4n) is 5.43. The summed E-state index contributed by atoms with van der Waals surface area (Å²) in [4.78, 5) is 39.6. The van der Waals surface area contributed by atoms with E-state index in [1.807, 2.05) is 121 Å². The molecule has 4 N–H and O–H groups in total. The van der Waals surface area contributed by atoms with Crippen molar-refractivity contribution in [1.82, 2.24) is 0 Å². The summed E-state index contributed by atoms with van der Waals surface area (Å²) in [5, 5.41) is 0. The molecule has 4 rings (SSSR count). The highest BCUT2D eigenvalue weighted by atomic mass is 31.2. The first-order valence-corrected chi connectivity index (χ1v) is 14.7. The number of rotatable bonds is 13. The molecule has 0 aliphatic carbocycles. The van der Waals surface area contributed by atoms with Crippen molar-refractivity contribution in [2.75, 3.05) is 6.61 Å². The van der Waals surface area contributed by atoms with E-state index in [0.717, 1.165) is 22.3 Å². The first-order valence-electron chi connectivity index (χ1n) is 12.4. The lowest BCUT2D eigenvalue weighted by molar-refractivity contribution is 0.0193. The smallest absolute Gasteiger partial charge is 0.328 e. The van der Waals surface area contributed by atoms with E-state index in [0.29, 0.717) is 19.3 Å². The Bertz CT molecular complexity index is 1150. The van der Waals surface area contributed by atoms with E-state index in [2.05, 4.69) is 0 Å². The van der Waals surface area contributed by atoms with E-state index < -0.39 is 28.2 Å². The van der Waals surface area contributed by atoms with Gasteiger partial charge in [0, 0.05) is 0 Å². The molecule has 0 aliphatic rings. The Morgan fingerprint density at radius 1 is 0.500 bits per heavy atom. The van der Waals surface area contributed by atoms with Crippen LogP contribution in [0.4, 0.5) is 0 Å². The summed E-state index contributed by atoms with van der Waals surface area (Å²) < 4.78 is 11.5. The molecule has 4 aromatic rings. The van der Waals surface area contributed by atoms with Crippen molar-refractivity contribution in [2.24, 2.45) is 0 Å². The second-order valence-corrected chi connectivity index (χ2v) is 10.4. The standard InChI is InChI=1S/C30H32O6P2/c31-37(32)35-24-14-13-23-29(25-15-5-1-6-16-25,26-17-7-2-8-18-26)30(36-38(33)34,27-19-9-3-10-20-27)28-21-11-4-12-22-28/h1-12,15-22,31-34H,13-14,23-24H2. The van der Waals surface area contributed by atoms with Crippen molar-refractivity contribution in [3.05, 3.63) is 144 Å². The third kappa shape index (κ3) is 6.05. The fraction of sp³-hybridized carbons (Fsp3) is 0.200. The van der Waals surface area contributed by atoms with E-state index in [1.54, 1.807) is 0 Å². The molecule has 0 spiro atoms. The molecule has 198 valence electrons. The molecule has 0 fully saturated rings. The van der Waals surface area contributed by atoms with Gasteiger partial charge in [-0.15, -0.1) is 0 Å². The molecule has 0 radical (unpaired) electrons. The van der Waals surface area contributed by atoms with E-state index in [9.17, 15) is 19.6 Å². The van der Waals surface area contributed by atoms with Gasteiger partial charge in [0.15, 0.2) is 0 Å². The van der Waals surface area contributed by atoms with Crippen LogP contribution < -0.4 is 0 Å². The minimum atomic E-state index is -2.80. The SMILES string of the molecule is OP(O)OCCCCC(c1ccccc1)(c1ccccc1)C(OP(O)O)(c1ccccc1)c1ccccc1. The normalized spacial score (nSPS) is 12.3. The molecule has 38 heavy (non-hydrogen) atoms. The van der Waals surface area contributed by atoms with Crippen molar-refractivity contribution in [3.8, 4) is 0 Å². The molecule has 4 aromatic carbocycles. The van der Waals surface area contributed by atoms with Crippen LogP contribution in [0.25, 0.3) is 0 Å². The highest BCUT2D eigenvalue weighted by Gasteiger charge is 2.57. The average Bonchev–Trinajstić information content (AvgIpc) is 2.95. The lowest BCUT2D eigenvalue weighted by Crippen LogP contribution is -2.52. The maximum atomic E-state index is 10.6. The highest BCUT2D eigenvalue weighted by molar-refractivity contribution is 7.39. The van der Waals surface area contributed by atoms with Crippen molar-refractivity contribution < 1.29 is 28.6 Å². The molecule has 0 bridgehead atoms. The van der Waals surface area contributed by atoms with Gasteiger partial charge in [0.25, 0.3) is 0 Å². The van der Waals surface area contributed by atoms with Crippen molar-refractivity contribution >= 4 is 17.2 Å². The van der Waals surface area contributed by atoms with Crippen LogP contribution in [-0.4, -0.2) is 26.2 Å². The zero-order chi connectivity index (χ0) is 26.8. The molecule has 0 unspecified atom stereocenters. The second-order valence-electron chi connectivity index (χ2n) is 8.94. The fourth-order valence-corrected chi connectivity index (χ4v) is 6.34. The van der Waals surface area contributed by atoms with E-state index in [-0.39, 0.29) is 6.61 Å². The summed E-state index contributed by atoms with van der Waals surface area (Å²) in [5.41, 5.74) is 1.19. The van der Waals surface area contributed by atoms with Gasteiger partial charge < -0.3 is 24.1 Å². The minimum Gasteiger partial charge on any atom is -0.328 e. The van der Waals surface area contributed by atoms with Gasteiger partial charge in [-0.3, -0.25) is 4.52 Å². The monoisotopic (exact) mass is 550 g/mol.